The Kier molecular flexibility index (Phi) is 6.11. The molecule has 0 atom stereocenters. The number of aromatic nitrogens is 2. The topological polar surface area (TPSA) is 73.6 Å². The lowest BCUT2D eigenvalue weighted by molar-refractivity contribution is -0.139. The number of nitrogens with zero attached hydrogens (tertiary/aromatic N) is 2. The van der Waals surface area contributed by atoms with Crippen LogP contribution in [-0.4, -0.2) is 34.3 Å². The third-order valence-electron chi connectivity index (χ3n) is 3.98. The van der Waals surface area contributed by atoms with Crippen LogP contribution in [0, 0.1) is 0 Å². The molecular weight excluding hydrogens is 368 g/mol. The molecule has 1 heterocycles. The maximum atomic E-state index is 12.0. The predicted molar refractivity (Wildman–Crippen MR) is 104 cm³/mol. The van der Waals surface area contributed by atoms with Crippen LogP contribution in [0.3, 0.4) is 0 Å². The zero-order valence-corrected chi connectivity index (χ0v) is 15.5. The number of methoxy groups -OCH3 is 1. The monoisotopic (exact) mass is 386 g/mol. The van der Waals surface area contributed by atoms with Crippen molar-refractivity contribution in [2.75, 3.05) is 13.7 Å². The van der Waals surface area contributed by atoms with Gasteiger partial charge in [0.1, 0.15) is 18.2 Å². The van der Waals surface area contributed by atoms with Crippen LogP contribution in [0.2, 0.25) is 5.02 Å². The first-order chi connectivity index (χ1) is 13.1. The minimum atomic E-state index is -0.480. The fraction of sp³-hybridized carbons (Fsp3) is 0.200. The summed E-state index contributed by atoms with van der Waals surface area (Å²) in [6, 6.07) is 12.6. The van der Waals surface area contributed by atoms with Gasteiger partial charge in [0, 0.05) is 17.6 Å². The number of carbonyl (C=O) groups is 1. The summed E-state index contributed by atoms with van der Waals surface area (Å²) < 4.78 is 12.2. The van der Waals surface area contributed by atoms with Crippen molar-refractivity contribution in [3.8, 4) is 5.75 Å². The SMILES string of the molecule is COc1ccc(/C=C/C(=O)OCc2nc3ccc(Cl)cc3n2CCO)cc1. The summed E-state index contributed by atoms with van der Waals surface area (Å²) >= 11 is 6.04. The maximum absolute atomic E-state index is 12.0. The van der Waals surface area contributed by atoms with E-state index in [4.69, 9.17) is 21.1 Å². The van der Waals surface area contributed by atoms with E-state index in [0.717, 1.165) is 22.3 Å². The van der Waals surface area contributed by atoms with Crippen LogP contribution in [0.5, 0.6) is 5.75 Å². The van der Waals surface area contributed by atoms with E-state index in [0.29, 0.717) is 17.4 Å². The molecule has 3 rings (SSSR count). The van der Waals surface area contributed by atoms with Crippen LogP contribution < -0.4 is 4.74 Å². The van der Waals surface area contributed by atoms with Gasteiger partial charge >= 0.3 is 5.97 Å². The molecule has 0 saturated heterocycles. The number of benzene rings is 2. The van der Waals surface area contributed by atoms with Crippen molar-refractivity contribution in [3.63, 3.8) is 0 Å². The van der Waals surface area contributed by atoms with Crippen molar-refractivity contribution in [1.29, 1.82) is 0 Å². The molecule has 0 spiro atoms. The first-order valence-electron chi connectivity index (χ1n) is 8.35. The minimum absolute atomic E-state index is 0.00190. The second-order valence-corrected chi connectivity index (χ2v) is 6.19. The number of esters is 1. The zero-order chi connectivity index (χ0) is 19.2. The Hall–Kier alpha value is -2.83. The molecule has 1 N–H and O–H groups in total. The van der Waals surface area contributed by atoms with Gasteiger partial charge in [0.2, 0.25) is 0 Å². The Morgan fingerprint density at radius 1 is 1.26 bits per heavy atom. The van der Waals surface area contributed by atoms with E-state index in [-0.39, 0.29) is 13.2 Å². The fourth-order valence-electron chi connectivity index (χ4n) is 2.67. The number of imidazole rings is 1. The lowest BCUT2D eigenvalue weighted by Crippen LogP contribution is -2.10. The summed E-state index contributed by atoms with van der Waals surface area (Å²) in [7, 11) is 1.60. The Bertz CT molecular complexity index is 964. The maximum Gasteiger partial charge on any atom is 0.331 e. The average Bonchev–Trinajstić information content (AvgIpc) is 3.02. The molecule has 0 radical (unpaired) electrons. The van der Waals surface area contributed by atoms with Gasteiger partial charge in [-0.1, -0.05) is 23.7 Å². The molecule has 0 amide bonds. The van der Waals surface area contributed by atoms with E-state index in [2.05, 4.69) is 4.98 Å². The van der Waals surface area contributed by atoms with Gasteiger partial charge < -0.3 is 19.1 Å². The van der Waals surface area contributed by atoms with Crippen LogP contribution >= 0.6 is 11.6 Å². The van der Waals surface area contributed by atoms with E-state index in [1.54, 1.807) is 36.0 Å². The lowest BCUT2D eigenvalue weighted by Gasteiger charge is -2.07. The number of halogens is 1. The third-order valence-corrected chi connectivity index (χ3v) is 4.22. The molecule has 0 bridgehead atoms. The van der Waals surface area contributed by atoms with Gasteiger partial charge in [-0.25, -0.2) is 9.78 Å². The largest absolute Gasteiger partial charge is 0.497 e. The summed E-state index contributed by atoms with van der Waals surface area (Å²) in [5.74, 6) is 0.816. The van der Waals surface area contributed by atoms with Gasteiger partial charge in [-0.05, 0) is 42.0 Å². The predicted octanol–water partition coefficient (Wildman–Crippen LogP) is 3.45. The number of ether oxygens (including phenoxy) is 2. The standard InChI is InChI=1S/C20H19ClN2O4/c1-26-16-6-2-14(3-7-16)4-9-20(25)27-13-19-22-17-8-5-15(21)12-18(17)23(19)10-11-24/h2-9,12,24H,10-11,13H2,1H3/b9-4+. The van der Waals surface area contributed by atoms with Crippen LogP contribution in [0.25, 0.3) is 17.1 Å². The number of fused-ring (bicyclic) bond motifs is 1. The summed E-state index contributed by atoms with van der Waals surface area (Å²) in [6.45, 7) is 0.278. The number of aliphatic hydroxyl groups is 1. The number of hydrogen-bond acceptors (Lipinski definition) is 5. The minimum Gasteiger partial charge on any atom is -0.497 e. The molecule has 1 aromatic heterocycles. The number of carbonyl (C=O) groups excluding carboxylic acids is 1. The van der Waals surface area contributed by atoms with Gasteiger partial charge in [-0.2, -0.15) is 0 Å². The Balaban J connectivity index is 1.69. The van der Waals surface area contributed by atoms with Crippen LogP contribution in [-0.2, 0) is 22.7 Å². The first-order valence-corrected chi connectivity index (χ1v) is 8.73. The van der Waals surface area contributed by atoms with Gasteiger partial charge in [0.05, 0.1) is 24.8 Å². The lowest BCUT2D eigenvalue weighted by atomic mass is 10.2. The normalized spacial score (nSPS) is 11.2. The van der Waals surface area contributed by atoms with Crippen molar-refractivity contribution in [2.45, 2.75) is 13.2 Å². The average molecular weight is 387 g/mol. The Labute approximate surface area is 161 Å². The summed E-state index contributed by atoms with van der Waals surface area (Å²) in [5.41, 5.74) is 2.37. The number of rotatable bonds is 7. The summed E-state index contributed by atoms with van der Waals surface area (Å²) in [6.07, 6.45) is 3.02. The highest BCUT2D eigenvalue weighted by Gasteiger charge is 2.12. The molecule has 0 aliphatic heterocycles. The van der Waals surface area contributed by atoms with E-state index < -0.39 is 5.97 Å². The van der Waals surface area contributed by atoms with Crippen LogP contribution in [0.1, 0.15) is 11.4 Å². The number of hydrogen-bond donors (Lipinski definition) is 1. The quantitative estimate of drug-likeness (QED) is 0.497. The molecule has 0 fully saturated rings. The van der Waals surface area contributed by atoms with Crippen molar-refractivity contribution >= 4 is 34.7 Å². The van der Waals surface area contributed by atoms with E-state index in [1.807, 2.05) is 24.3 Å². The molecule has 3 aromatic rings. The molecule has 7 heteroatoms. The van der Waals surface area contributed by atoms with Crippen molar-refractivity contribution in [1.82, 2.24) is 9.55 Å². The zero-order valence-electron chi connectivity index (χ0n) is 14.8. The molecule has 0 aliphatic rings. The Morgan fingerprint density at radius 3 is 2.74 bits per heavy atom. The molecule has 2 aromatic carbocycles. The van der Waals surface area contributed by atoms with Gasteiger partial charge in [0.15, 0.2) is 0 Å². The molecule has 140 valence electrons. The highest BCUT2D eigenvalue weighted by molar-refractivity contribution is 6.31. The van der Waals surface area contributed by atoms with E-state index >= 15 is 0 Å². The smallest absolute Gasteiger partial charge is 0.331 e. The third kappa shape index (κ3) is 4.67. The second kappa shape index (κ2) is 8.70. The van der Waals surface area contributed by atoms with Crippen molar-refractivity contribution in [3.05, 3.63) is 65.0 Å². The molecule has 27 heavy (non-hydrogen) atoms. The van der Waals surface area contributed by atoms with Gasteiger partial charge in [-0.3, -0.25) is 0 Å². The number of aliphatic hydroxyl groups excluding tert-OH is 1. The van der Waals surface area contributed by atoms with Gasteiger partial charge in [-0.15, -0.1) is 0 Å². The second-order valence-electron chi connectivity index (χ2n) is 5.75. The fourth-order valence-corrected chi connectivity index (χ4v) is 2.83. The highest BCUT2D eigenvalue weighted by atomic mass is 35.5. The Morgan fingerprint density at radius 2 is 2.04 bits per heavy atom. The molecule has 0 unspecified atom stereocenters. The van der Waals surface area contributed by atoms with E-state index in [1.165, 1.54) is 6.08 Å². The van der Waals surface area contributed by atoms with Gasteiger partial charge in [0.25, 0.3) is 0 Å². The summed E-state index contributed by atoms with van der Waals surface area (Å²) in [4.78, 5) is 16.5. The molecule has 6 nitrogen and oxygen atoms in total. The van der Waals surface area contributed by atoms with Crippen molar-refractivity contribution in [2.24, 2.45) is 0 Å². The molecule has 0 aliphatic carbocycles. The van der Waals surface area contributed by atoms with Crippen molar-refractivity contribution < 1.29 is 19.4 Å². The molecule has 0 saturated carbocycles. The summed E-state index contributed by atoms with van der Waals surface area (Å²) in [5, 5.41) is 9.88. The van der Waals surface area contributed by atoms with Crippen LogP contribution in [0.4, 0.5) is 0 Å². The molecular formula is C20H19ClN2O4. The first kappa shape index (κ1) is 18.9. The van der Waals surface area contributed by atoms with E-state index in [9.17, 15) is 9.90 Å². The highest BCUT2D eigenvalue weighted by Crippen LogP contribution is 2.21. The van der Waals surface area contributed by atoms with Crippen LogP contribution in [0.15, 0.2) is 48.5 Å².